The van der Waals surface area contributed by atoms with E-state index < -0.39 is 0 Å². The first-order valence-electron chi connectivity index (χ1n) is 8.95. The molecule has 1 saturated heterocycles. The maximum atomic E-state index is 6.14. The van der Waals surface area contributed by atoms with Crippen LogP contribution in [0, 0.1) is 0 Å². The van der Waals surface area contributed by atoms with Gasteiger partial charge in [0.15, 0.2) is 0 Å². The topological polar surface area (TPSA) is 37.0 Å². The van der Waals surface area contributed by atoms with Crippen LogP contribution in [-0.4, -0.2) is 11.0 Å². The number of H-pyrrole nitrogens is 1. The molecule has 0 radical (unpaired) electrons. The van der Waals surface area contributed by atoms with Crippen LogP contribution in [0.15, 0.2) is 48.5 Å². The molecule has 0 saturated carbocycles. The molecule has 122 valence electrons. The van der Waals surface area contributed by atoms with E-state index in [2.05, 4.69) is 52.8 Å². The summed E-state index contributed by atoms with van der Waals surface area (Å²) in [5, 5.41) is 5.13. The third-order valence-electron chi connectivity index (χ3n) is 5.44. The second kappa shape index (κ2) is 5.67. The van der Waals surface area contributed by atoms with E-state index in [1.54, 1.807) is 0 Å². The van der Waals surface area contributed by atoms with E-state index in [-0.39, 0.29) is 0 Å². The van der Waals surface area contributed by atoms with E-state index in [1.165, 1.54) is 41.5 Å². The number of piperidine rings is 1. The maximum Gasteiger partial charge on any atom is 0.143 e. The minimum atomic E-state index is 0.505. The fourth-order valence-electron chi connectivity index (χ4n) is 4.33. The summed E-state index contributed by atoms with van der Waals surface area (Å²) in [6.07, 6.45) is 4.98. The van der Waals surface area contributed by atoms with Crippen LogP contribution < -0.4 is 10.1 Å². The fourth-order valence-corrected chi connectivity index (χ4v) is 4.33. The Bertz CT molecular complexity index is 868. The van der Waals surface area contributed by atoms with Gasteiger partial charge < -0.3 is 15.0 Å². The molecule has 2 N–H and O–H groups in total. The van der Waals surface area contributed by atoms with Crippen LogP contribution in [0.25, 0.3) is 10.9 Å². The molecule has 3 aromatic rings. The highest BCUT2D eigenvalue weighted by Crippen LogP contribution is 2.41. The van der Waals surface area contributed by atoms with Gasteiger partial charge in [-0.3, -0.25) is 0 Å². The predicted molar refractivity (Wildman–Crippen MR) is 96.3 cm³/mol. The Hall–Kier alpha value is -2.26. The summed E-state index contributed by atoms with van der Waals surface area (Å²) in [7, 11) is 0. The SMILES string of the molecule is c1ccc(COc2cccc3c4c([nH]c23)CC2CCCC4N2)cc1. The molecule has 2 aliphatic rings. The molecule has 1 aromatic heterocycles. The standard InChI is InChI=1S/C21H22N2O/c1-2-6-14(7-3-1)13-24-19-11-5-9-16-20-17-10-4-8-15(22-17)12-18(20)23-21(16)19/h1-3,5-7,9,11,15,17,22-23H,4,8,10,12-13H2. The Morgan fingerprint density at radius 3 is 2.83 bits per heavy atom. The van der Waals surface area contributed by atoms with Crippen molar-refractivity contribution in [3.8, 4) is 5.75 Å². The van der Waals surface area contributed by atoms with Crippen LogP contribution in [0.4, 0.5) is 0 Å². The van der Waals surface area contributed by atoms with Crippen LogP contribution >= 0.6 is 0 Å². The molecule has 1 fully saturated rings. The minimum Gasteiger partial charge on any atom is -0.487 e. The molecular formula is C21H22N2O. The van der Waals surface area contributed by atoms with Crippen LogP contribution in [-0.2, 0) is 13.0 Å². The van der Waals surface area contributed by atoms with Gasteiger partial charge in [-0.2, -0.15) is 0 Å². The van der Waals surface area contributed by atoms with E-state index >= 15 is 0 Å². The maximum absolute atomic E-state index is 6.14. The first kappa shape index (κ1) is 14.1. The van der Waals surface area contributed by atoms with Gasteiger partial charge in [0.1, 0.15) is 12.4 Å². The van der Waals surface area contributed by atoms with Crippen LogP contribution in [0.3, 0.4) is 0 Å². The summed E-state index contributed by atoms with van der Waals surface area (Å²) in [6, 6.07) is 17.9. The second-order valence-corrected chi connectivity index (χ2v) is 7.02. The predicted octanol–water partition coefficient (Wildman–Crippen LogP) is 4.49. The molecule has 3 nitrogen and oxygen atoms in total. The number of ether oxygens (including phenoxy) is 1. The Morgan fingerprint density at radius 2 is 1.92 bits per heavy atom. The van der Waals surface area contributed by atoms with Crippen molar-refractivity contribution in [3.05, 3.63) is 65.4 Å². The van der Waals surface area contributed by atoms with Gasteiger partial charge in [0, 0.05) is 29.6 Å². The van der Waals surface area contributed by atoms with Gasteiger partial charge in [0.05, 0.1) is 5.52 Å². The van der Waals surface area contributed by atoms with Gasteiger partial charge in [-0.1, -0.05) is 42.5 Å². The first-order valence-corrected chi connectivity index (χ1v) is 8.95. The molecular weight excluding hydrogens is 296 g/mol. The Kier molecular flexibility index (Phi) is 3.34. The van der Waals surface area contributed by atoms with E-state index in [0.29, 0.717) is 18.7 Å². The number of aromatic amines is 1. The van der Waals surface area contributed by atoms with Gasteiger partial charge >= 0.3 is 0 Å². The third kappa shape index (κ3) is 2.31. The number of hydrogen-bond donors (Lipinski definition) is 2. The average Bonchev–Trinajstić information content (AvgIpc) is 3.00. The fraction of sp³-hybridized carbons (Fsp3) is 0.333. The quantitative estimate of drug-likeness (QED) is 0.747. The van der Waals surface area contributed by atoms with Crippen molar-refractivity contribution in [1.29, 1.82) is 0 Å². The van der Waals surface area contributed by atoms with Crippen molar-refractivity contribution in [3.63, 3.8) is 0 Å². The van der Waals surface area contributed by atoms with Gasteiger partial charge in [-0.15, -0.1) is 0 Å². The zero-order valence-electron chi connectivity index (χ0n) is 13.7. The molecule has 5 rings (SSSR count). The number of para-hydroxylation sites is 1. The van der Waals surface area contributed by atoms with Crippen molar-refractivity contribution >= 4 is 10.9 Å². The van der Waals surface area contributed by atoms with E-state index in [4.69, 9.17) is 4.74 Å². The van der Waals surface area contributed by atoms with Gasteiger partial charge in [-0.05, 0) is 36.5 Å². The number of benzene rings is 2. The largest absolute Gasteiger partial charge is 0.487 e. The summed E-state index contributed by atoms with van der Waals surface area (Å²) in [5.41, 5.74) is 5.25. The molecule has 3 heterocycles. The summed E-state index contributed by atoms with van der Waals surface area (Å²) in [6.45, 7) is 0.605. The van der Waals surface area contributed by atoms with Gasteiger partial charge in [-0.25, -0.2) is 0 Å². The summed E-state index contributed by atoms with van der Waals surface area (Å²) in [4.78, 5) is 3.68. The van der Waals surface area contributed by atoms with Crippen molar-refractivity contribution in [1.82, 2.24) is 10.3 Å². The number of aromatic nitrogens is 1. The number of nitrogens with one attached hydrogen (secondary N) is 2. The first-order chi connectivity index (χ1) is 11.9. The highest BCUT2D eigenvalue weighted by atomic mass is 16.5. The second-order valence-electron chi connectivity index (χ2n) is 7.02. The lowest BCUT2D eigenvalue weighted by Crippen LogP contribution is -2.42. The monoisotopic (exact) mass is 318 g/mol. The van der Waals surface area contributed by atoms with Crippen molar-refractivity contribution in [2.24, 2.45) is 0 Å². The Labute approximate surface area is 142 Å². The van der Waals surface area contributed by atoms with Crippen LogP contribution in [0.5, 0.6) is 5.75 Å². The minimum absolute atomic E-state index is 0.505. The highest BCUT2D eigenvalue weighted by molar-refractivity contribution is 5.90. The lowest BCUT2D eigenvalue weighted by atomic mass is 9.84. The van der Waals surface area contributed by atoms with Crippen LogP contribution in [0.1, 0.15) is 42.1 Å². The average molecular weight is 318 g/mol. The molecule has 2 aromatic carbocycles. The Balaban J connectivity index is 1.52. The third-order valence-corrected chi connectivity index (χ3v) is 5.44. The number of hydrogen-bond acceptors (Lipinski definition) is 2. The molecule has 24 heavy (non-hydrogen) atoms. The van der Waals surface area contributed by atoms with Crippen molar-refractivity contribution in [2.75, 3.05) is 0 Å². The smallest absolute Gasteiger partial charge is 0.143 e. The zero-order valence-corrected chi connectivity index (χ0v) is 13.7. The molecule has 0 amide bonds. The van der Waals surface area contributed by atoms with E-state index in [1.807, 2.05) is 6.07 Å². The summed E-state index contributed by atoms with van der Waals surface area (Å²) >= 11 is 0. The number of fused-ring (bicyclic) bond motifs is 6. The summed E-state index contributed by atoms with van der Waals surface area (Å²) in [5.74, 6) is 0.959. The number of rotatable bonds is 3. The zero-order chi connectivity index (χ0) is 15.9. The van der Waals surface area contributed by atoms with E-state index in [9.17, 15) is 0 Å². The lowest BCUT2D eigenvalue weighted by molar-refractivity contribution is 0.302. The van der Waals surface area contributed by atoms with Crippen LogP contribution in [0.2, 0.25) is 0 Å². The molecule has 0 aliphatic carbocycles. The van der Waals surface area contributed by atoms with Gasteiger partial charge in [0.25, 0.3) is 0 Å². The van der Waals surface area contributed by atoms with Crippen molar-refractivity contribution < 1.29 is 4.74 Å². The highest BCUT2D eigenvalue weighted by Gasteiger charge is 2.32. The van der Waals surface area contributed by atoms with Crippen molar-refractivity contribution in [2.45, 2.75) is 44.4 Å². The molecule has 2 atom stereocenters. The Morgan fingerprint density at radius 1 is 1.00 bits per heavy atom. The van der Waals surface area contributed by atoms with Gasteiger partial charge in [0.2, 0.25) is 0 Å². The lowest BCUT2D eigenvalue weighted by Gasteiger charge is -2.36. The summed E-state index contributed by atoms with van der Waals surface area (Å²) < 4.78 is 6.14. The molecule has 2 aliphatic heterocycles. The molecule has 2 unspecified atom stereocenters. The molecule has 3 heteroatoms. The molecule has 2 bridgehead atoms. The normalized spacial score (nSPS) is 22.3. The van der Waals surface area contributed by atoms with E-state index in [0.717, 1.165) is 17.7 Å². The molecule has 0 spiro atoms.